The Labute approximate surface area is 255 Å². The highest BCUT2D eigenvalue weighted by molar-refractivity contribution is 7.91. The van der Waals surface area contributed by atoms with E-state index >= 15 is 0 Å². The number of halogens is 4. The molecule has 2 atom stereocenters. The van der Waals surface area contributed by atoms with Crippen molar-refractivity contribution in [2.24, 2.45) is 0 Å². The number of likely N-dealkylation sites (tertiary alicyclic amines) is 1. The number of nitrogens with zero attached hydrogens (tertiary/aromatic N) is 4. The number of sulfonamides is 1. The summed E-state index contributed by atoms with van der Waals surface area (Å²) >= 11 is 0. The van der Waals surface area contributed by atoms with Crippen LogP contribution in [0.15, 0.2) is 30.6 Å². The molecule has 4 heterocycles. The molecule has 1 aliphatic carbocycles. The highest BCUT2D eigenvalue weighted by Crippen LogP contribution is 2.31. The number of nitrogens with one attached hydrogen (secondary N) is 3. The lowest BCUT2D eigenvalue weighted by molar-refractivity contribution is -0.128. The molecule has 0 bridgehead atoms. The van der Waals surface area contributed by atoms with Gasteiger partial charge in [-0.3, -0.25) is 4.79 Å². The first kappa shape index (κ1) is 27.4. The van der Waals surface area contributed by atoms with Crippen molar-refractivity contribution >= 4 is 32.8 Å². The predicted molar refractivity (Wildman–Crippen MR) is 155 cm³/mol. The minimum atomic E-state index is -4.56. The van der Waals surface area contributed by atoms with Gasteiger partial charge in [0, 0.05) is 30.5 Å². The number of rotatable bonds is 9. The normalized spacial score (nSPS) is 20.5. The average Bonchev–Trinajstić information content (AvgIpc) is 3.77. The minimum Gasteiger partial charge on any atom is -0.479 e. The number of ether oxygens (including phenoxy) is 1. The number of carbonyl (C=O) groups excluding carboxylic acids is 1. The lowest BCUT2D eigenvalue weighted by Gasteiger charge is -2.33. The molecule has 5 rings (SSSR count). The van der Waals surface area contributed by atoms with Crippen LogP contribution in [0.3, 0.4) is 0 Å². The van der Waals surface area contributed by atoms with E-state index in [4.69, 9.17) is 8.85 Å². The van der Waals surface area contributed by atoms with E-state index in [0.29, 0.717) is 37.0 Å². The number of aromatic nitrogens is 3. The second-order valence-corrected chi connectivity index (χ2v) is 12.6. The maximum atomic E-state index is 14.7. The lowest BCUT2D eigenvalue weighted by Crippen LogP contribution is -2.46. The maximum Gasteiger partial charge on any atom is 0.394 e. The molecule has 1 amide bonds. The van der Waals surface area contributed by atoms with Gasteiger partial charge in [0.2, 0.25) is 21.7 Å². The number of hydrogen-bond acceptors (Lipinski definition) is 9. The molecule has 1 aliphatic heterocycles. The van der Waals surface area contributed by atoms with E-state index in [1.54, 1.807) is 12.1 Å². The molecule has 16 heteroatoms. The van der Waals surface area contributed by atoms with Crippen LogP contribution >= 0.6 is 0 Å². The molecule has 2 fully saturated rings. The van der Waals surface area contributed by atoms with Crippen molar-refractivity contribution in [3.63, 3.8) is 0 Å². The fourth-order valence-corrected chi connectivity index (χ4v) is 6.14. The summed E-state index contributed by atoms with van der Waals surface area (Å²) in [7, 11) is -5.13. The van der Waals surface area contributed by atoms with E-state index in [2.05, 4.69) is 32.4 Å². The zero-order valence-corrected chi connectivity index (χ0v) is 24.2. The number of anilines is 2. The zero-order valence-electron chi connectivity index (χ0n) is 26.4. The Balaban J connectivity index is 1.38. The molecule has 236 valence electrons. The Morgan fingerprint density at radius 3 is 2.77 bits per heavy atom. The van der Waals surface area contributed by atoms with E-state index in [-0.39, 0.29) is 30.0 Å². The van der Waals surface area contributed by atoms with Gasteiger partial charge in [-0.15, -0.1) is 0 Å². The topological polar surface area (TPSA) is 130 Å². The van der Waals surface area contributed by atoms with Gasteiger partial charge in [-0.25, -0.2) is 22.5 Å². The minimum absolute atomic E-state index is 0.0673. The van der Waals surface area contributed by atoms with Crippen LogP contribution in [-0.4, -0.2) is 91.0 Å². The van der Waals surface area contributed by atoms with Crippen LogP contribution in [0.2, 0.25) is 0 Å². The second-order valence-electron chi connectivity index (χ2n) is 10.6. The highest BCUT2D eigenvalue weighted by atomic mass is 32.2. The summed E-state index contributed by atoms with van der Waals surface area (Å²) in [4.78, 5) is 21.9. The van der Waals surface area contributed by atoms with Crippen LogP contribution < -0.4 is 20.1 Å². The van der Waals surface area contributed by atoms with Crippen LogP contribution in [0, 0.1) is 11.8 Å². The van der Waals surface area contributed by atoms with Crippen molar-refractivity contribution in [3.8, 4) is 17.7 Å². The van der Waals surface area contributed by atoms with Crippen molar-refractivity contribution in [1.29, 1.82) is 0 Å². The molecule has 3 aromatic rings. The van der Waals surface area contributed by atoms with Crippen LogP contribution in [0.1, 0.15) is 45.3 Å². The van der Waals surface area contributed by atoms with Gasteiger partial charge in [0.05, 0.1) is 52.8 Å². The Kier molecular flexibility index (Phi) is 7.79. The SMILES string of the molecule is [2H]C([2H])([2H])Oc1nc(C(=O)NS(=O)(=O)C2CC2)ncc1NCC#Cc1cc2c(N[C@@H]3CCN(C)C[C@@H]3F)cccn2c1CC(F)(F)F. The quantitative estimate of drug-likeness (QED) is 0.239. The first-order valence-corrected chi connectivity index (χ1v) is 15.2. The van der Waals surface area contributed by atoms with Gasteiger partial charge in [-0.2, -0.15) is 18.2 Å². The monoisotopic (exact) mass is 640 g/mol. The van der Waals surface area contributed by atoms with E-state index in [1.165, 1.54) is 16.7 Å². The standard InChI is InChI=1S/C28H31F4N7O4S/c1-38-12-9-20(19(29)16-38)35-21-6-4-11-39-23(21)13-17(24(39)14-28(30,31)32)5-3-10-33-22-15-34-25(36-27(22)43-2)26(40)37-44(41,42)18-7-8-18/h4,6,11,13,15,18-20,33,35H,7-10,12,14,16H2,1-2H3,(H,37,40)/t19-,20+/m0/s1/i2D3. The van der Waals surface area contributed by atoms with Crippen LogP contribution in [0.4, 0.5) is 28.9 Å². The van der Waals surface area contributed by atoms with Crippen molar-refractivity contribution in [3.05, 3.63) is 47.7 Å². The molecule has 2 aliphatic rings. The summed E-state index contributed by atoms with van der Waals surface area (Å²) in [6.07, 6.45) is -3.25. The molecule has 3 N–H and O–H groups in total. The van der Waals surface area contributed by atoms with Gasteiger partial charge in [-0.1, -0.05) is 11.8 Å². The van der Waals surface area contributed by atoms with E-state index < -0.39 is 64.7 Å². The molecule has 0 aromatic carbocycles. The smallest absolute Gasteiger partial charge is 0.394 e. The third-order valence-corrected chi connectivity index (χ3v) is 9.03. The summed E-state index contributed by atoms with van der Waals surface area (Å²) in [6.45, 7) is 0.644. The summed E-state index contributed by atoms with van der Waals surface area (Å²) in [5.41, 5.74) is 0.652. The Morgan fingerprint density at radius 2 is 2.07 bits per heavy atom. The number of fused-ring (bicyclic) bond motifs is 1. The van der Waals surface area contributed by atoms with Gasteiger partial charge in [0.15, 0.2) is 0 Å². The number of amides is 1. The van der Waals surface area contributed by atoms with Crippen molar-refractivity contribution in [2.45, 2.75) is 49.3 Å². The fourth-order valence-electron chi connectivity index (χ4n) is 4.86. The second kappa shape index (κ2) is 12.5. The number of piperidine rings is 1. The maximum absolute atomic E-state index is 14.7. The first-order valence-electron chi connectivity index (χ1n) is 15.1. The zero-order chi connectivity index (χ0) is 34.1. The summed E-state index contributed by atoms with van der Waals surface area (Å²) in [5.74, 6) is 2.97. The van der Waals surface area contributed by atoms with Gasteiger partial charge >= 0.3 is 12.1 Å². The van der Waals surface area contributed by atoms with Crippen molar-refractivity contribution in [2.75, 3.05) is 44.4 Å². The number of alkyl halides is 4. The van der Waals surface area contributed by atoms with Crippen LogP contribution in [-0.2, 0) is 16.4 Å². The van der Waals surface area contributed by atoms with Crippen LogP contribution in [0.25, 0.3) is 5.52 Å². The van der Waals surface area contributed by atoms with Gasteiger partial charge in [0.25, 0.3) is 0 Å². The number of methoxy groups -OCH3 is 1. The largest absolute Gasteiger partial charge is 0.479 e. The highest BCUT2D eigenvalue weighted by Gasteiger charge is 2.37. The molecular formula is C28H31F4N7O4S. The number of carbonyl (C=O) groups is 1. The molecule has 0 spiro atoms. The Morgan fingerprint density at radius 1 is 1.27 bits per heavy atom. The molecule has 11 nitrogen and oxygen atoms in total. The lowest BCUT2D eigenvalue weighted by atomic mass is 10.0. The van der Waals surface area contributed by atoms with Crippen molar-refractivity contribution < 1.29 is 39.6 Å². The summed E-state index contributed by atoms with van der Waals surface area (Å²) in [5, 5.41) is 5.15. The van der Waals surface area contributed by atoms with Gasteiger partial charge in [-0.05, 0) is 44.5 Å². The summed E-state index contributed by atoms with van der Waals surface area (Å²) in [6, 6.07) is 4.18. The van der Waals surface area contributed by atoms with Crippen LogP contribution in [0.5, 0.6) is 5.88 Å². The van der Waals surface area contributed by atoms with E-state index in [1.807, 2.05) is 16.7 Å². The van der Waals surface area contributed by atoms with Crippen molar-refractivity contribution in [1.82, 2.24) is 24.0 Å². The van der Waals surface area contributed by atoms with Gasteiger partial charge in [0.1, 0.15) is 11.9 Å². The first-order chi connectivity index (χ1) is 22.0. The third-order valence-electron chi connectivity index (χ3n) is 7.21. The predicted octanol–water partition coefficient (Wildman–Crippen LogP) is 2.98. The number of pyridine rings is 1. The fraction of sp³-hybridized carbons (Fsp3) is 0.464. The third kappa shape index (κ3) is 7.33. The molecule has 0 radical (unpaired) electrons. The number of hydrogen-bond donors (Lipinski definition) is 3. The van der Waals surface area contributed by atoms with E-state index in [9.17, 15) is 30.8 Å². The molecule has 0 unspecified atom stereocenters. The Hall–Kier alpha value is -4.10. The molecular weight excluding hydrogens is 606 g/mol. The molecule has 1 saturated carbocycles. The molecule has 44 heavy (non-hydrogen) atoms. The Bertz CT molecular complexity index is 1820. The molecule has 1 saturated heterocycles. The van der Waals surface area contributed by atoms with E-state index in [0.717, 1.165) is 6.20 Å². The van der Waals surface area contributed by atoms with Gasteiger partial charge < -0.3 is 24.7 Å². The summed E-state index contributed by atoms with van der Waals surface area (Å²) < 4.78 is 110. The average molecular weight is 641 g/mol. The molecule has 3 aromatic heterocycles.